The minimum atomic E-state index is 1.06. The maximum atomic E-state index is 3.42. The summed E-state index contributed by atoms with van der Waals surface area (Å²) in [5, 5.41) is 3.42. The quantitative estimate of drug-likeness (QED) is 0.694. The molecule has 4 atom stereocenters. The molecular weight excluding hydrogens is 208 g/mol. The van der Waals surface area contributed by atoms with Gasteiger partial charge in [-0.05, 0) is 69.5 Å². The van der Waals surface area contributed by atoms with Gasteiger partial charge in [-0.15, -0.1) is 0 Å². The highest BCUT2D eigenvalue weighted by atomic mass is 15.1. The molecule has 2 heterocycles. The van der Waals surface area contributed by atoms with Crippen LogP contribution in [0.2, 0.25) is 0 Å². The average molecular weight is 236 g/mol. The molecule has 2 saturated heterocycles. The lowest BCUT2D eigenvalue weighted by molar-refractivity contribution is 0.379. The first-order valence-corrected chi connectivity index (χ1v) is 7.72. The highest BCUT2D eigenvalue weighted by Crippen LogP contribution is 2.36. The third kappa shape index (κ3) is 2.68. The fourth-order valence-electron chi connectivity index (χ4n) is 4.57. The molecule has 2 nitrogen and oxygen atoms in total. The zero-order valence-corrected chi connectivity index (χ0v) is 11.3. The van der Waals surface area contributed by atoms with Crippen molar-refractivity contribution < 1.29 is 0 Å². The Bertz CT molecular complexity index is 221. The van der Waals surface area contributed by atoms with Crippen LogP contribution in [0.4, 0.5) is 0 Å². The summed E-state index contributed by atoms with van der Waals surface area (Å²) in [7, 11) is 2.25. The van der Waals surface area contributed by atoms with Gasteiger partial charge in [0.15, 0.2) is 0 Å². The second kappa shape index (κ2) is 5.27. The van der Waals surface area contributed by atoms with Crippen molar-refractivity contribution >= 4 is 0 Å². The lowest BCUT2D eigenvalue weighted by Gasteiger charge is -2.06. The Morgan fingerprint density at radius 2 is 1.24 bits per heavy atom. The van der Waals surface area contributed by atoms with Crippen LogP contribution in [-0.4, -0.2) is 38.1 Å². The van der Waals surface area contributed by atoms with Gasteiger partial charge in [-0.25, -0.2) is 0 Å². The lowest BCUT2D eigenvalue weighted by atomic mass is 10.0. The van der Waals surface area contributed by atoms with Crippen molar-refractivity contribution in [3.8, 4) is 0 Å². The number of nitrogens with zero attached hydrogens (tertiary/aromatic N) is 1. The van der Waals surface area contributed by atoms with Crippen LogP contribution in [0.15, 0.2) is 0 Å². The lowest BCUT2D eigenvalue weighted by Crippen LogP contribution is -2.14. The third-order valence-corrected chi connectivity index (χ3v) is 5.54. The summed E-state index contributed by atoms with van der Waals surface area (Å²) >= 11 is 0. The molecule has 2 heteroatoms. The average Bonchev–Trinajstić information content (AvgIpc) is 2.91. The predicted molar refractivity (Wildman–Crippen MR) is 72.0 cm³/mol. The van der Waals surface area contributed by atoms with E-state index in [0.717, 1.165) is 23.7 Å². The standard InChI is InChI=1S/C8H15N.C7H13N/c1-9-5-7-3-2-4-8(7)6-9;1-2-6-4-8-5-7(6)3-1/h7-8H,2-6H2,1H3;6-8H,1-5H2/t7-,8+;6-,7+. The molecule has 0 radical (unpaired) electrons. The maximum absolute atomic E-state index is 3.42. The molecule has 0 aromatic heterocycles. The molecule has 4 aliphatic rings. The first kappa shape index (κ1) is 12.0. The molecule has 2 aliphatic heterocycles. The number of rotatable bonds is 0. The molecule has 0 aromatic rings. The highest BCUT2D eigenvalue weighted by Gasteiger charge is 2.34. The highest BCUT2D eigenvalue weighted by molar-refractivity contribution is 4.87. The Balaban J connectivity index is 0.000000107. The summed E-state index contributed by atoms with van der Waals surface area (Å²) in [6, 6.07) is 0. The molecule has 0 spiro atoms. The molecule has 0 amide bonds. The summed E-state index contributed by atoms with van der Waals surface area (Å²) < 4.78 is 0. The van der Waals surface area contributed by atoms with Crippen molar-refractivity contribution in [2.45, 2.75) is 38.5 Å². The van der Waals surface area contributed by atoms with Gasteiger partial charge < -0.3 is 10.2 Å². The Morgan fingerprint density at radius 1 is 0.765 bits per heavy atom. The van der Waals surface area contributed by atoms with Crippen molar-refractivity contribution in [3.63, 3.8) is 0 Å². The normalized spacial score (nSPS) is 44.3. The van der Waals surface area contributed by atoms with Crippen molar-refractivity contribution in [3.05, 3.63) is 0 Å². The van der Waals surface area contributed by atoms with E-state index in [1.807, 2.05) is 0 Å². The summed E-state index contributed by atoms with van der Waals surface area (Å²) in [6.45, 7) is 5.38. The number of nitrogens with one attached hydrogen (secondary N) is 1. The van der Waals surface area contributed by atoms with Gasteiger partial charge >= 0.3 is 0 Å². The molecule has 17 heavy (non-hydrogen) atoms. The Hall–Kier alpha value is -0.0800. The molecule has 0 unspecified atom stereocenters. The molecule has 1 N–H and O–H groups in total. The van der Waals surface area contributed by atoms with Crippen molar-refractivity contribution in [2.24, 2.45) is 23.7 Å². The third-order valence-electron chi connectivity index (χ3n) is 5.54. The van der Waals surface area contributed by atoms with Gasteiger partial charge in [0.05, 0.1) is 0 Å². The zero-order chi connectivity index (χ0) is 11.7. The Labute approximate surface area is 106 Å². The van der Waals surface area contributed by atoms with Crippen LogP contribution < -0.4 is 5.32 Å². The van der Waals surface area contributed by atoms with Crippen LogP contribution in [0.1, 0.15) is 38.5 Å². The minimum Gasteiger partial charge on any atom is -0.316 e. The topological polar surface area (TPSA) is 15.3 Å². The second-order valence-corrected chi connectivity index (χ2v) is 6.78. The Kier molecular flexibility index (Phi) is 3.72. The van der Waals surface area contributed by atoms with Crippen molar-refractivity contribution in [2.75, 3.05) is 33.2 Å². The van der Waals surface area contributed by atoms with E-state index in [0.29, 0.717) is 0 Å². The molecule has 0 aromatic carbocycles. The van der Waals surface area contributed by atoms with Gasteiger partial charge in [-0.2, -0.15) is 0 Å². The number of hydrogen-bond donors (Lipinski definition) is 1. The zero-order valence-electron chi connectivity index (χ0n) is 11.3. The molecule has 2 aliphatic carbocycles. The van der Waals surface area contributed by atoms with E-state index in [2.05, 4.69) is 17.3 Å². The fourth-order valence-corrected chi connectivity index (χ4v) is 4.57. The Morgan fingerprint density at radius 3 is 1.76 bits per heavy atom. The summed E-state index contributed by atoms with van der Waals surface area (Å²) in [4.78, 5) is 2.48. The van der Waals surface area contributed by atoms with Crippen molar-refractivity contribution in [1.29, 1.82) is 0 Å². The molecule has 0 bridgehead atoms. The van der Waals surface area contributed by atoms with Gasteiger partial charge in [0.2, 0.25) is 0 Å². The van der Waals surface area contributed by atoms with E-state index in [1.165, 1.54) is 64.7 Å². The van der Waals surface area contributed by atoms with Gasteiger partial charge in [-0.3, -0.25) is 0 Å². The number of hydrogen-bond acceptors (Lipinski definition) is 2. The monoisotopic (exact) mass is 236 g/mol. The van der Waals surface area contributed by atoms with Crippen molar-refractivity contribution in [1.82, 2.24) is 10.2 Å². The van der Waals surface area contributed by atoms with E-state index in [1.54, 1.807) is 0 Å². The number of fused-ring (bicyclic) bond motifs is 2. The SMILES string of the molecule is C1C[C@@H]2CNC[C@@H]2C1.CN1C[C@H]2CCC[C@H]2C1. The molecule has 4 rings (SSSR count). The number of likely N-dealkylation sites (tertiary alicyclic amines) is 1. The first-order chi connectivity index (χ1) is 8.33. The minimum absolute atomic E-state index is 1.06. The van der Waals surface area contributed by atoms with Gasteiger partial charge in [-0.1, -0.05) is 12.8 Å². The van der Waals surface area contributed by atoms with E-state index in [9.17, 15) is 0 Å². The van der Waals surface area contributed by atoms with Crippen LogP contribution in [0.5, 0.6) is 0 Å². The van der Waals surface area contributed by atoms with Crippen LogP contribution >= 0.6 is 0 Å². The smallest absolute Gasteiger partial charge is 0.000985 e. The van der Waals surface area contributed by atoms with Crippen LogP contribution in [-0.2, 0) is 0 Å². The summed E-state index contributed by atoms with van der Waals surface area (Å²) in [6.07, 6.45) is 9.01. The fraction of sp³-hybridized carbons (Fsp3) is 1.00. The summed E-state index contributed by atoms with van der Waals surface area (Å²) in [5.41, 5.74) is 0. The maximum Gasteiger partial charge on any atom is 0.000985 e. The van der Waals surface area contributed by atoms with Gasteiger partial charge in [0.25, 0.3) is 0 Å². The largest absolute Gasteiger partial charge is 0.316 e. The molecule has 98 valence electrons. The van der Waals surface area contributed by atoms with E-state index in [4.69, 9.17) is 0 Å². The van der Waals surface area contributed by atoms with E-state index < -0.39 is 0 Å². The van der Waals surface area contributed by atoms with E-state index in [-0.39, 0.29) is 0 Å². The van der Waals surface area contributed by atoms with Crippen LogP contribution in [0, 0.1) is 23.7 Å². The molecule has 4 fully saturated rings. The molecular formula is C15H28N2. The van der Waals surface area contributed by atoms with E-state index >= 15 is 0 Å². The molecule has 2 saturated carbocycles. The van der Waals surface area contributed by atoms with Crippen LogP contribution in [0.25, 0.3) is 0 Å². The van der Waals surface area contributed by atoms with Crippen LogP contribution in [0.3, 0.4) is 0 Å². The van der Waals surface area contributed by atoms with Gasteiger partial charge in [0, 0.05) is 13.1 Å². The summed E-state index contributed by atoms with van der Waals surface area (Å²) in [5.74, 6) is 4.29. The second-order valence-electron chi connectivity index (χ2n) is 6.78. The van der Waals surface area contributed by atoms with Gasteiger partial charge in [0.1, 0.15) is 0 Å². The first-order valence-electron chi connectivity index (χ1n) is 7.72. The predicted octanol–water partition coefficient (Wildman–Crippen LogP) is 2.35.